The number of aromatic nitrogens is 1. The van der Waals surface area contributed by atoms with Crippen LogP contribution in [-0.4, -0.2) is 71.9 Å². The Morgan fingerprint density at radius 2 is 1.79 bits per heavy atom. The number of hydrogen-bond donors (Lipinski definition) is 2. The van der Waals surface area contributed by atoms with Gasteiger partial charge in [-0.25, -0.2) is 0 Å². The van der Waals surface area contributed by atoms with Gasteiger partial charge in [0.2, 0.25) is 11.8 Å². The Morgan fingerprint density at radius 1 is 1.07 bits per heavy atom. The van der Waals surface area contributed by atoms with Crippen LogP contribution in [0.2, 0.25) is 0 Å². The van der Waals surface area contributed by atoms with Crippen LogP contribution in [-0.2, 0) is 16.1 Å². The summed E-state index contributed by atoms with van der Waals surface area (Å²) in [6, 6.07) is 4.77. The maximum absolute atomic E-state index is 12.5. The zero-order chi connectivity index (χ0) is 19.8. The topological polar surface area (TPSA) is 77.6 Å². The van der Waals surface area contributed by atoms with Crippen LogP contribution in [0.5, 0.6) is 0 Å². The van der Waals surface area contributed by atoms with Crippen LogP contribution in [0.15, 0.2) is 24.5 Å². The molecule has 28 heavy (non-hydrogen) atoms. The molecule has 0 bridgehead atoms. The Bertz CT molecular complexity index is 631. The van der Waals surface area contributed by atoms with Crippen molar-refractivity contribution in [3.8, 4) is 0 Å². The standard InChI is InChI=1S/C21H33N5O2/c1-17(27)23-10-11-24-21(28)19-3-2-12-26(16-19)20-6-13-25(14-7-20)15-18-4-8-22-9-5-18/h4-5,8-9,19-20H,2-3,6-7,10-16H2,1H3,(H,23,27)(H,24,28)/t19-/m1/s1. The second-order valence-corrected chi connectivity index (χ2v) is 7.97. The first-order valence-electron chi connectivity index (χ1n) is 10.5. The van der Waals surface area contributed by atoms with Gasteiger partial charge in [0.15, 0.2) is 0 Å². The van der Waals surface area contributed by atoms with Crippen molar-refractivity contribution in [1.29, 1.82) is 0 Å². The molecule has 2 saturated heterocycles. The maximum Gasteiger partial charge on any atom is 0.224 e. The first kappa shape index (κ1) is 20.7. The van der Waals surface area contributed by atoms with Gasteiger partial charge in [0.1, 0.15) is 0 Å². The Kier molecular flexibility index (Phi) is 7.80. The smallest absolute Gasteiger partial charge is 0.224 e. The van der Waals surface area contributed by atoms with Gasteiger partial charge in [0.25, 0.3) is 0 Å². The zero-order valence-electron chi connectivity index (χ0n) is 16.9. The van der Waals surface area contributed by atoms with Crippen LogP contribution in [0.1, 0.15) is 38.2 Å². The molecule has 2 N–H and O–H groups in total. The molecule has 2 aliphatic rings. The van der Waals surface area contributed by atoms with Crippen LogP contribution in [0.4, 0.5) is 0 Å². The van der Waals surface area contributed by atoms with Crippen molar-refractivity contribution in [3.05, 3.63) is 30.1 Å². The van der Waals surface area contributed by atoms with E-state index in [0.29, 0.717) is 19.1 Å². The monoisotopic (exact) mass is 387 g/mol. The van der Waals surface area contributed by atoms with E-state index in [0.717, 1.165) is 45.6 Å². The number of nitrogens with one attached hydrogen (secondary N) is 2. The van der Waals surface area contributed by atoms with Crippen molar-refractivity contribution >= 4 is 11.8 Å². The predicted molar refractivity (Wildman–Crippen MR) is 109 cm³/mol. The number of hydrogen-bond acceptors (Lipinski definition) is 5. The van der Waals surface area contributed by atoms with Crippen molar-refractivity contribution in [2.75, 3.05) is 39.3 Å². The lowest BCUT2D eigenvalue weighted by Crippen LogP contribution is -2.51. The van der Waals surface area contributed by atoms with Gasteiger partial charge < -0.3 is 10.6 Å². The normalized spacial score (nSPS) is 22.0. The van der Waals surface area contributed by atoms with Gasteiger partial charge in [-0.05, 0) is 63.0 Å². The molecule has 0 radical (unpaired) electrons. The third kappa shape index (κ3) is 6.27. The molecule has 0 aromatic carbocycles. The van der Waals surface area contributed by atoms with E-state index < -0.39 is 0 Å². The number of carbonyl (C=O) groups is 2. The number of amides is 2. The van der Waals surface area contributed by atoms with Gasteiger partial charge in [-0.2, -0.15) is 0 Å². The lowest BCUT2D eigenvalue weighted by atomic mass is 9.93. The van der Waals surface area contributed by atoms with E-state index in [1.54, 1.807) is 0 Å². The molecule has 154 valence electrons. The fourth-order valence-electron chi connectivity index (χ4n) is 4.31. The summed E-state index contributed by atoms with van der Waals surface area (Å²) in [4.78, 5) is 32.5. The van der Waals surface area contributed by atoms with Gasteiger partial charge in [0.05, 0.1) is 5.92 Å². The van der Waals surface area contributed by atoms with Gasteiger partial charge in [-0.1, -0.05) is 0 Å². The van der Waals surface area contributed by atoms with Crippen LogP contribution in [0, 0.1) is 5.92 Å². The summed E-state index contributed by atoms with van der Waals surface area (Å²) < 4.78 is 0. The van der Waals surface area contributed by atoms with Gasteiger partial charge in [0, 0.05) is 51.5 Å². The molecule has 0 unspecified atom stereocenters. The quantitative estimate of drug-likeness (QED) is 0.683. The van der Waals surface area contributed by atoms with E-state index in [4.69, 9.17) is 0 Å². The van der Waals surface area contributed by atoms with Gasteiger partial charge in [-0.15, -0.1) is 0 Å². The average Bonchev–Trinajstić information content (AvgIpc) is 2.72. The summed E-state index contributed by atoms with van der Waals surface area (Å²) >= 11 is 0. The second kappa shape index (κ2) is 10.5. The molecule has 1 aromatic heterocycles. The summed E-state index contributed by atoms with van der Waals surface area (Å²) in [6.07, 6.45) is 8.10. The molecule has 1 aromatic rings. The van der Waals surface area contributed by atoms with Crippen LogP contribution >= 0.6 is 0 Å². The van der Waals surface area contributed by atoms with Crippen LogP contribution in [0.25, 0.3) is 0 Å². The molecule has 2 amide bonds. The molecule has 7 nitrogen and oxygen atoms in total. The molecule has 0 aliphatic carbocycles. The highest BCUT2D eigenvalue weighted by atomic mass is 16.2. The summed E-state index contributed by atoms with van der Waals surface area (Å²) in [5, 5.41) is 5.69. The third-order valence-corrected chi connectivity index (χ3v) is 5.85. The Labute approximate surface area is 167 Å². The Balaban J connectivity index is 1.40. The number of nitrogens with zero attached hydrogens (tertiary/aromatic N) is 3. The molecule has 2 fully saturated rings. The Hall–Kier alpha value is -1.99. The molecule has 2 aliphatic heterocycles. The lowest BCUT2D eigenvalue weighted by Gasteiger charge is -2.42. The number of piperidine rings is 2. The van der Waals surface area contributed by atoms with Gasteiger partial charge in [-0.3, -0.25) is 24.4 Å². The van der Waals surface area contributed by atoms with Crippen LogP contribution in [0.3, 0.4) is 0 Å². The van der Waals surface area contributed by atoms with E-state index in [1.807, 2.05) is 12.4 Å². The minimum atomic E-state index is -0.0617. The summed E-state index contributed by atoms with van der Waals surface area (Å²) in [7, 11) is 0. The molecule has 3 heterocycles. The van der Waals surface area contributed by atoms with Crippen molar-refractivity contribution in [3.63, 3.8) is 0 Å². The summed E-state index contributed by atoms with van der Waals surface area (Å²) in [6.45, 7) is 7.66. The van der Waals surface area contributed by atoms with Crippen molar-refractivity contribution in [1.82, 2.24) is 25.4 Å². The van der Waals surface area contributed by atoms with Crippen LogP contribution < -0.4 is 10.6 Å². The molecule has 3 rings (SSSR count). The number of likely N-dealkylation sites (tertiary alicyclic amines) is 2. The van der Waals surface area contributed by atoms with E-state index in [2.05, 4.69) is 37.6 Å². The fraction of sp³-hybridized carbons (Fsp3) is 0.667. The molecular formula is C21H33N5O2. The molecule has 1 atom stereocenters. The largest absolute Gasteiger partial charge is 0.355 e. The molecular weight excluding hydrogens is 354 g/mol. The van der Waals surface area contributed by atoms with E-state index >= 15 is 0 Å². The van der Waals surface area contributed by atoms with E-state index in [-0.39, 0.29) is 17.7 Å². The number of carbonyl (C=O) groups excluding carboxylic acids is 2. The minimum Gasteiger partial charge on any atom is -0.355 e. The summed E-state index contributed by atoms with van der Waals surface area (Å²) in [5.41, 5.74) is 1.32. The third-order valence-electron chi connectivity index (χ3n) is 5.85. The highest BCUT2D eigenvalue weighted by Gasteiger charge is 2.31. The Morgan fingerprint density at radius 3 is 2.50 bits per heavy atom. The van der Waals surface area contributed by atoms with Crippen molar-refractivity contribution < 1.29 is 9.59 Å². The zero-order valence-corrected chi connectivity index (χ0v) is 16.9. The predicted octanol–water partition coefficient (Wildman–Crippen LogP) is 1.01. The summed E-state index contributed by atoms with van der Waals surface area (Å²) in [5.74, 6) is 0.138. The van der Waals surface area contributed by atoms with E-state index in [1.165, 1.54) is 25.3 Å². The second-order valence-electron chi connectivity index (χ2n) is 7.97. The number of rotatable bonds is 7. The fourth-order valence-corrected chi connectivity index (χ4v) is 4.31. The highest BCUT2D eigenvalue weighted by Crippen LogP contribution is 2.24. The molecule has 7 heteroatoms. The molecule has 0 saturated carbocycles. The number of pyridine rings is 1. The molecule has 0 spiro atoms. The first-order valence-corrected chi connectivity index (χ1v) is 10.5. The first-order chi connectivity index (χ1) is 13.6. The van der Waals surface area contributed by atoms with Crippen molar-refractivity contribution in [2.45, 2.75) is 45.2 Å². The lowest BCUT2D eigenvalue weighted by molar-refractivity contribution is -0.127. The minimum absolute atomic E-state index is 0.0617. The highest BCUT2D eigenvalue weighted by molar-refractivity contribution is 5.79. The maximum atomic E-state index is 12.5. The van der Waals surface area contributed by atoms with E-state index in [9.17, 15) is 9.59 Å². The van der Waals surface area contributed by atoms with Crippen molar-refractivity contribution in [2.24, 2.45) is 5.92 Å². The SMILES string of the molecule is CC(=O)NCCNC(=O)[C@@H]1CCCN(C2CCN(Cc3ccncc3)CC2)C1. The average molecular weight is 388 g/mol. The van der Waals surface area contributed by atoms with Gasteiger partial charge >= 0.3 is 0 Å².